The maximum atomic E-state index is 13.4. The van der Waals surface area contributed by atoms with Crippen molar-refractivity contribution in [2.75, 3.05) is 6.54 Å². The Morgan fingerprint density at radius 2 is 1.90 bits per heavy atom. The van der Waals surface area contributed by atoms with Gasteiger partial charge in [0, 0.05) is 6.42 Å². The van der Waals surface area contributed by atoms with Crippen molar-refractivity contribution in [2.24, 2.45) is 5.73 Å². The van der Waals surface area contributed by atoms with Crippen molar-refractivity contribution in [3.63, 3.8) is 0 Å². The Balaban J connectivity index is 2.75. The number of primary amides is 1. The largest absolute Gasteiger partial charge is 0.389 e. The first-order valence-electron chi connectivity index (χ1n) is 7.28. The molecule has 0 bridgehead atoms. The second-order valence-electron chi connectivity index (χ2n) is 5.70. The van der Waals surface area contributed by atoms with Crippen molar-refractivity contribution in [1.29, 1.82) is 0 Å². The van der Waals surface area contributed by atoms with E-state index in [2.05, 4.69) is 0 Å². The fraction of sp³-hybridized carbons (Fsp3) is 0.857. The number of alkyl halides is 1. The van der Waals surface area contributed by atoms with Crippen LogP contribution in [0.25, 0.3) is 0 Å². The molecule has 0 aromatic heterocycles. The van der Waals surface area contributed by atoms with Crippen molar-refractivity contribution in [3.8, 4) is 0 Å². The number of carbonyl (C=O) groups excluding carboxylic acids is 2. The molecule has 0 spiro atoms. The lowest BCUT2D eigenvalue weighted by Crippen LogP contribution is -2.46. The SMILES string of the molecule is CCCC(O)(CCC)CC(=O)N1C[C@H](F)C[C@H]1C(N)=O. The van der Waals surface area contributed by atoms with Gasteiger partial charge in [-0.15, -0.1) is 0 Å². The number of carbonyl (C=O) groups is 2. The number of rotatable bonds is 7. The zero-order valence-electron chi connectivity index (χ0n) is 12.3. The maximum Gasteiger partial charge on any atom is 0.240 e. The van der Waals surface area contributed by atoms with Gasteiger partial charge in [0.1, 0.15) is 12.2 Å². The summed E-state index contributed by atoms with van der Waals surface area (Å²) < 4.78 is 13.4. The van der Waals surface area contributed by atoms with E-state index in [-0.39, 0.29) is 19.4 Å². The molecular formula is C14H25FN2O3. The molecule has 2 atom stereocenters. The Bertz CT molecular complexity index is 356. The normalized spacial score (nSPS) is 23.1. The highest BCUT2D eigenvalue weighted by atomic mass is 19.1. The maximum absolute atomic E-state index is 13.4. The van der Waals surface area contributed by atoms with E-state index in [0.717, 1.165) is 12.8 Å². The Labute approximate surface area is 119 Å². The summed E-state index contributed by atoms with van der Waals surface area (Å²) in [5.74, 6) is -1.08. The van der Waals surface area contributed by atoms with E-state index < -0.39 is 29.6 Å². The molecule has 1 aliphatic heterocycles. The van der Waals surface area contributed by atoms with E-state index in [1.807, 2.05) is 13.8 Å². The number of aliphatic hydroxyl groups is 1. The first-order valence-corrected chi connectivity index (χ1v) is 7.28. The lowest BCUT2D eigenvalue weighted by Gasteiger charge is -2.30. The fourth-order valence-corrected chi connectivity index (χ4v) is 2.95. The Hall–Kier alpha value is -1.17. The van der Waals surface area contributed by atoms with Crippen LogP contribution in [0.5, 0.6) is 0 Å². The molecule has 1 saturated heterocycles. The minimum atomic E-state index is -1.22. The molecule has 116 valence electrons. The highest BCUT2D eigenvalue weighted by Crippen LogP contribution is 2.28. The molecule has 0 aromatic rings. The topological polar surface area (TPSA) is 83.6 Å². The van der Waals surface area contributed by atoms with Crippen molar-refractivity contribution < 1.29 is 19.1 Å². The van der Waals surface area contributed by atoms with Crippen molar-refractivity contribution in [2.45, 2.75) is 70.2 Å². The zero-order valence-corrected chi connectivity index (χ0v) is 12.3. The molecule has 20 heavy (non-hydrogen) atoms. The molecule has 0 saturated carbocycles. The van der Waals surface area contributed by atoms with E-state index in [9.17, 15) is 19.1 Å². The quantitative estimate of drug-likeness (QED) is 0.736. The fourth-order valence-electron chi connectivity index (χ4n) is 2.95. The van der Waals surface area contributed by atoms with Gasteiger partial charge in [0.2, 0.25) is 11.8 Å². The smallest absolute Gasteiger partial charge is 0.240 e. The van der Waals surface area contributed by atoms with E-state index in [1.165, 1.54) is 4.90 Å². The second kappa shape index (κ2) is 7.02. The summed E-state index contributed by atoms with van der Waals surface area (Å²) in [7, 11) is 0. The number of nitrogens with zero attached hydrogens (tertiary/aromatic N) is 1. The average molecular weight is 288 g/mol. The molecule has 6 heteroatoms. The molecule has 0 radical (unpaired) electrons. The summed E-state index contributed by atoms with van der Waals surface area (Å²) in [5.41, 5.74) is 4.14. The second-order valence-corrected chi connectivity index (χ2v) is 5.70. The minimum absolute atomic E-state index is 0.0406. The van der Waals surface area contributed by atoms with Crippen molar-refractivity contribution in [1.82, 2.24) is 4.90 Å². The summed E-state index contributed by atoms with van der Waals surface area (Å²) >= 11 is 0. The summed E-state index contributed by atoms with van der Waals surface area (Å²) in [4.78, 5) is 24.7. The highest BCUT2D eigenvalue weighted by molar-refractivity contribution is 5.87. The van der Waals surface area contributed by atoms with Gasteiger partial charge in [0.15, 0.2) is 0 Å². The predicted molar refractivity (Wildman–Crippen MR) is 73.6 cm³/mol. The molecule has 1 rings (SSSR count). The van der Waals surface area contributed by atoms with Gasteiger partial charge < -0.3 is 15.7 Å². The van der Waals surface area contributed by atoms with E-state index >= 15 is 0 Å². The highest BCUT2D eigenvalue weighted by Gasteiger charge is 2.41. The van der Waals surface area contributed by atoms with E-state index in [0.29, 0.717) is 12.8 Å². The standard InChI is InChI=1S/C14H25FN2O3/c1-3-5-14(20,6-4-2)8-12(18)17-9-10(15)7-11(17)13(16)19/h10-11,20H,3-9H2,1-2H3,(H2,16,19)/t10-,11+/m1/s1. The van der Waals surface area contributed by atoms with Crippen LogP contribution in [0.2, 0.25) is 0 Å². The lowest BCUT2D eigenvalue weighted by molar-refractivity contribution is -0.142. The lowest BCUT2D eigenvalue weighted by atomic mass is 9.88. The van der Waals surface area contributed by atoms with Crippen LogP contribution in [0.4, 0.5) is 4.39 Å². The van der Waals surface area contributed by atoms with Crippen LogP contribution < -0.4 is 5.73 Å². The Morgan fingerprint density at radius 1 is 1.35 bits per heavy atom. The Morgan fingerprint density at radius 3 is 2.35 bits per heavy atom. The average Bonchev–Trinajstić information content (AvgIpc) is 2.72. The van der Waals surface area contributed by atoms with E-state index in [1.54, 1.807) is 0 Å². The molecule has 5 nitrogen and oxygen atoms in total. The summed E-state index contributed by atoms with van der Waals surface area (Å²) in [6.07, 6.45) is 1.21. The van der Waals surface area contributed by atoms with Gasteiger partial charge in [-0.3, -0.25) is 9.59 Å². The van der Waals surface area contributed by atoms with Crippen LogP contribution >= 0.6 is 0 Å². The number of hydrogen-bond acceptors (Lipinski definition) is 3. The Kier molecular flexibility index (Phi) is 5.92. The molecule has 2 amide bonds. The first kappa shape index (κ1) is 16.9. The number of halogens is 1. The van der Waals surface area contributed by atoms with Gasteiger partial charge >= 0.3 is 0 Å². The van der Waals surface area contributed by atoms with Gasteiger partial charge in [-0.1, -0.05) is 26.7 Å². The minimum Gasteiger partial charge on any atom is -0.389 e. The van der Waals surface area contributed by atoms with Gasteiger partial charge in [0.25, 0.3) is 0 Å². The third-order valence-corrected chi connectivity index (χ3v) is 3.81. The molecule has 1 aliphatic rings. The number of likely N-dealkylation sites (tertiary alicyclic amines) is 1. The molecular weight excluding hydrogens is 263 g/mol. The molecule has 1 fully saturated rings. The third kappa shape index (κ3) is 4.16. The van der Waals surface area contributed by atoms with Gasteiger partial charge in [-0.2, -0.15) is 0 Å². The van der Waals surface area contributed by atoms with Gasteiger partial charge in [0.05, 0.1) is 18.6 Å². The number of nitrogens with two attached hydrogens (primary N) is 1. The van der Waals surface area contributed by atoms with Crippen molar-refractivity contribution >= 4 is 11.8 Å². The number of amides is 2. The van der Waals surface area contributed by atoms with Crippen LogP contribution in [0.15, 0.2) is 0 Å². The summed E-state index contributed by atoms with van der Waals surface area (Å²) in [5, 5.41) is 10.5. The van der Waals surface area contributed by atoms with Crippen LogP contribution in [-0.2, 0) is 9.59 Å². The summed E-state index contributed by atoms with van der Waals surface area (Å²) in [6, 6.07) is -0.884. The number of hydrogen-bond donors (Lipinski definition) is 2. The zero-order chi connectivity index (χ0) is 15.3. The molecule has 0 aliphatic carbocycles. The molecule has 0 unspecified atom stereocenters. The van der Waals surface area contributed by atoms with Crippen molar-refractivity contribution in [3.05, 3.63) is 0 Å². The van der Waals surface area contributed by atoms with Crippen LogP contribution in [0.1, 0.15) is 52.4 Å². The molecule has 3 N–H and O–H groups in total. The first-order chi connectivity index (χ1) is 9.33. The van der Waals surface area contributed by atoms with Gasteiger partial charge in [-0.25, -0.2) is 4.39 Å². The van der Waals surface area contributed by atoms with Crippen LogP contribution in [-0.4, -0.2) is 46.2 Å². The molecule has 0 aromatic carbocycles. The third-order valence-electron chi connectivity index (χ3n) is 3.81. The van der Waals surface area contributed by atoms with Gasteiger partial charge in [-0.05, 0) is 12.8 Å². The van der Waals surface area contributed by atoms with Crippen LogP contribution in [0, 0.1) is 0 Å². The monoisotopic (exact) mass is 288 g/mol. The molecule has 1 heterocycles. The van der Waals surface area contributed by atoms with Crippen LogP contribution in [0.3, 0.4) is 0 Å². The van der Waals surface area contributed by atoms with E-state index in [4.69, 9.17) is 5.73 Å². The summed E-state index contributed by atoms with van der Waals surface area (Å²) in [6.45, 7) is 3.76. The predicted octanol–water partition coefficient (Wildman–Crippen LogP) is 1.13.